The van der Waals surface area contributed by atoms with Crippen molar-refractivity contribution in [2.75, 3.05) is 0 Å². The Morgan fingerprint density at radius 3 is 2.87 bits per heavy atom. The molecule has 1 atom stereocenters. The Balaban J connectivity index is 2.72. The second-order valence-electron chi connectivity index (χ2n) is 3.37. The first-order valence-corrected chi connectivity index (χ1v) is 5.69. The van der Waals surface area contributed by atoms with E-state index in [0.717, 1.165) is 12.8 Å². The molecule has 1 rings (SSSR count). The highest BCUT2D eigenvalue weighted by Crippen LogP contribution is 2.29. The molecule has 0 saturated heterocycles. The van der Waals surface area contributed by atoms with Gasteiger partial charge in [0.1, 0.15) is 5.82 Å². The van der Waals surface area contributed by atoms with Crippen LogP contribution in [0, 0.1) is 5.82 Å². The monoisotopic (exact) mass is 272 g/mol. The van der Waals surface area contributed by atoms with Gasteiger partial charge in [-0.15, -0.1) is 6.58 Å². The lowest BCUT2D eigenvalue weighted by atomic mass is 10.0. The molecule has 0 heterocycles. The van der Waals surface area contributed by atoms with E-state index < -0.39 is 6.10 Å². The summed E-state index contributed by atoms with van der Waals surface area (Å²) in [6, 6.07) is 4.70. The minimum absolute atomic E-state index is 0.349. The van der Waals surface area contributed by atoms with E-state index in [1.54, 1.807) is 18.2 Å². The van der Waals surface area contributed by atoms with Crippen LogP contribution < -0.4 is 0 Å². The second-order valence-corrected chi connectivity index (χ2v) is 4.23. The lowest BCUT2D eigenvalue weighted by Crippen LogP contribution is -2.01. The van der Waals surface area contributed by atoms with Gasteiger partial charge in [-0.25, -0.2) is 4.39 Å². The smallest absolute Gasteiger partial charge is 0.130 e. The number of unbranched alkanes of at least 4 members (excludes halogenated alkanes) is 1. The van der Waals surface area contributed by atoms with Gasteiger partial charge in [-0.2, -0.15) is 0 Å². The molecule has 3 heteroatoms. The SMILES string of the molecule is C=CCCCC(O)c1c(F)cccc1Br. The molecule has 1 aromatic carbocycles. The molecule has 0 aromatic heterocycles. The third-order valence-electron chi connectivity index (χ3n) is 2.22. The molecule has 1 unspecified atom stereocenters. The molecule has 0 aliphatic carbocycles. The Hall–Kier alpha value is -0.670. The number of rotatable bonds is 5. The van der Waals surface area contributed by atoms with E-state index >= 15 is 0 Å². The van der Waals surface area contributed by atoms with Crippen molar-refractivity contribution in [2.45, 2.75) is 25.4 Å². The van der Waals surface area contributed by atoms with E-state index in [4.69, 9.17) is 0 Å². The molecule has 1 N–H and O–H groups in total. The molecule has 82 valence electrons. The zero-order chi connectivity index (χ0) is 11.3. The van der Waals surface area contributed by atoms with E-state index in [9.17, 15) is 9.50 Å². The fourth-order valence-electron chi connectivity index (χ4n) is 1.43. The zero-order valence-corrected chi connectivity index (χ0v) is 10.0. The van der Waals surface area contributed by atoms with Crippen molar-refractivity contribution in [3.8, 4) is 0 Å². The number of aliphatic hydroxyl groups excluding tert-OH is 1. The highest BCUT2D eigenvalue weighted by molar-refractivity contribution is 9.10. The van der Waals surface area contributed by atoms with Crippen molar-refractivity contribution < 1.29 is 9.50 Å². The average Bonchev–Trinajstić information content (AvgIpc) is 2.18. The van der Waals surface area contributed by atoms with E-state index in [0.29, 0.717) is 16.5 Å². The fourth-order valence-corrected chi connectivity index (χ4v) is 2.04. The van der Waals surface area contributed by atoms with Crippen LogP contribution in [0.5, 0.6) is 0 Å². The van der Waals surface area contributed by atoms with Crippen LogP contribution in [0.2, 0.25) is 0 Å². The lowest BCUT2D eigenvalue weighted by molar-refractivity contribution is 0.159. The molecule has 0 saturated carbocycles. The predicted octanol–water partition coefficient (Wildman–Crippen LogP) is 3.98. The maximum absolute atomic E-state index is 13.4. The van der Waals surface area contributed by atoms with Crippen LogP contribution in [-0.2, 0) is 0 Å². The first kappa shape index (κ1) is 12.4. The van der Waals surface area contributed by atoms with Crippen molar-refractivity contribution in [2.24, 2.45) is 0 Å². The number of hydrogen-bond acceptors (Lipinski definition) is 1. The maximum Gasteiger partial charge on any atom is 0.130 e. The van der Waals surface area contributed by atoms with Crippen LogP contribution in [0.3, 0.4) is 0 Å². The number of benzene rings is 1. The van der Waals surface area contributed by atoms with E-state index in [1.807, 2.05) is 0 Å². The van der Waals surface area contributed by atoms with Crippen molar-refractivity contribution >= 4 is 15.9 Å². The Bertz CT molecular complexity index is 318. The largest absolute Gasteiger partial charge is 0.388 e. The number of halogens is 2. The van der Waals surface area contributed by atoms with Crippen molar-refractivity contribution in [1.29, 1.82) is 0 Å². The van der Waals surface area contributed by atoms with E-state index in [1.165, 1.54) is 6.07 Å². The molecule has 1 nitrogen and oxygen atoms in total. The van der Waals surface area contributed by atoms with Gasteiger partial charge >= 0.3 is 0 Å². The van der Waals surface area contributed by atoms with Crippen LogP contribution >= 0.6 is 15.9 Å². The highest BCUT2D eigenvalue weighted by Gasteiger charge is 2.15. The van der Waals surface area contributed by atoms with Crippen LogP contribution in [0.4, 0.5) is 4.39 Å². The molecule has 0 spiro atoms. The minimum Gasteiger partial charge on any atom is -0.388 e. The van der Waals surface area contributed by atoms with Crippen LogP contribution in [0.25, 0.3) is 0 Å². The van der Waals surface area contributed by atoms with Gasteiger partial charge < -0.3 is 5.11 Å². The van der Waals surface area contributed by atoms with Gasteiger partial charge in [-0.05, 0) is 31.4 Å². The summed E-state index contributed by atoms with van der Waals surface area (Å²) in [4.78, 5) is 0. The van der Waals surface area contributed by atoms with Gasteiger partial charge in [0.25, 0.3) is 0 Å². The Morgan fingerprint density at radius 2 is 2.27 bits per heavy atom. The molecule has 0 bridgehead atoms. The van der Waals surface area contributed by atoms with Gasteiger partial charge in [0.05, 0.1) is 6.10 Å². The molecule has 0 fully saturated rings. The summed E-state index contributed by atoms with van der Waals surface area (Å²) in [5.41, 5.74) is 0.349. The fraction of sp³-hybridized carbons (Fsp3) is 0.333. The van der Waals surface area contributed by atoms with Crippen molar-refractivity contribution in [3.63, 3.8) is 0 Å². The molecule has 0 amide bonds. The Kier molecular flexibility index (Phi) is 4.99. The third kappa shape index (κ3) is 3.43. The minimum atomic E-state index is -0.750. The second kappa shape index (κ2) is 6.03. The summed E-state index contributed by atoms with van der Waals surface area (Å²) in [5.74, 6) is -0.365. The first-order valence-electron chi connectivity index (χ1n) is 4.89. The van der Waals surface area contributed by atoms with Gasteiger partial charge in [0.2, 0.25) is 0 Å². The molecule has 0 aliphatic rings. The maximum atomic E-state index is 13.4. The lowest BCUT2D eigenvalue weighted by Gasteiger charge is -2.13. The summed E-state index contributed by atoms with van der Waals surface area (Å²) in [5, 5.41) is 9.80. The molecule has 0 radical (unpaired) electrons. The molecular weight excluding hydrogens is 259 g/mol. The predicted molar refractivity (Wildman–Crippen MR) is 63.1 cm³/mol. The molecule has 0 aliphatic heterocycles. The van der Waals surface area contributed by atoms with E-state index in [-0.39, 0.29) is 5.82 Å². The average molecular weight is 273 g/mol. The standard InChI is InChI=1S/C12H14BrFO/c1-2-3-4-8-11(15)12-9(13)6-5-7-10(12)14/h2,5-7,11,15H,1,3-4,8H2. The Morgan fingerprint density at radius 1 is 1.53 bits per heavy atom. The van der Waals surface area contributed by atoms with Gasteiger partial charge in [-0.3, -0.25) is 0 Å². The van der Waals surface area contributed by atoms with E-state index in [2.05, 4.69) is 22.5 Å². The number of hydrogen-bond donors (Lipinski definition) is 1. The van der Waals surface area contributed by atoms with Gasteiger partial charge in [-0.1, -0.05) is 28.1 Å². The Labute approximate surface area is 97.8 Å². The normalized spacial score (nSPS) is 12.5. The van der Waals surface area contributed by atoms with Gasteiger partial charge in [0.15, 0.2) is 0 Å². The topological polar surface area (TPSA) is 20.2 Å². The summed E-state index contributed by atoms with van der Waals surface area (Å²) in [6.45, 7) is 3.60. The third-order valence-corrected chi connectivity index (χ3v) is 2.91. The summed E-state index contributed by atoms with van der Waals surface area (Å²) >= 11 is 3.24. The quantitative estimate of drug-likeness (QED) is 0.635. The van der Waals surface area contributed by atoms with Crippen molar-refractivity contribution in [3.05, 3.63) is 46.7 Å². The number of allylic oxidation sites excluding steroid dienone is 1. The van der Waals surface area contributed by atoms with Crippen LogP contribution in [0.1, 0.15) is 30.9 Å². The van der Waals surface area contributed by atoms with Crippen LogP contribution in [-0.4, -0.2) is 5.11 Å². The summed E-state index contributed by atoms with van der Waals surface area (Å²) in [6.07, 6.45) is 3.24. The van der Waals surface area contributed by atoms with Crippen molar-refractivity contribution in [1.82, 2.24) is 0 Å². The molecule has 15 heavy (non-hydrogen) atoms. The number of aliphatic hydroxyl groups is 1. The zero-order valence-electron chi connectivity index (χ0n) is 8.42. The molecular formula is C12H14BrFO. The van der Waals surface area contributed by atoms with Gasteiger partial charge in [0, 0.05) is 10.0 Å². The highest BCUT2D eigenvalue weighted by atomic mass is 79.9. The van der Waals surface area contributed by atoms with Crippen LogP contribution in [0.15, 0.2) is 35.3 Å². The summed E-state index contributed by atoms with van der Waals surface area (Å²) < 4.78 is 14.0. The summed E-state index contributed by atoms with van der Waals surface area (Å²) in [7, 11) is 0. The first-order chi connectivity index (χ1) is 7.16. The molecule has 1 aromatic rings.